The molecular formula is C24H19ClN2O5S. The first-order valence-electron chi connectivity index (χ1n) is 10.1. The molecule has 3 aromatic rings. The van der Waals surface area contributed by atoms with E-state index < -0.39 is 15.9 Å². The molecule has 2 aliphatic heterocycles. The van der Waals surface area contributed by atoms with E-state index in [2.05, 4.69) is 5.32 Å². The van der Waals surface area contributed by atoms with E-state index in [-0.39, 0.29) is 23.9 Å². The molecule has 0 aliphatic carbocycles. The molecule has 3 aromatic carbocycles. The Morgan fingerprint density at radius 1 is 1.03 bits per heavy atom. The quantitative estimate of drug-likeness (QED) is 0.611. The maximum Gasteiger partial charge on any atom is 0.269 e. The molecule has 0 aromatic heterocycles. The molecule has 0 atom stereocenters. The molecule has 7 nitrogen and oxygen atoms in total. The molecule has 0 radical (unpaired) electrons. The first kappa shape index (κ1) is 21.4. The second kappa shape index (κ2) is 8.13. The fourth-order valence-electron chi connectivity index (χ4n) is 3.95. The number of carbonyl (C=O) groups excluding carboxylic acids is 1. The molecular weight excluding hydrogens is 464 g/mol. The number of nitrogens with zero attached hydrogens (tertiary/aromatic N) is 1. The molecule has 168 valence electrons. The molecule has 0 saturated heterocycles. The van der Waals surface area contributed by atoms with Crippen molar-refractivity contribution in [2.75, 3.05) is 13.8 Å². The smallest absolute Gasteiger partial charge is 0.269 e. The number of benzene rings is 3. The molecule has 0 spiro atoms. The number of rotatable bonds is 4. The third kappa shape index (κ3) is 3.71. The van der Waals surface area contributed by atoms with Crippen molar-refractivity contribution in [1.82, 2.24) is 9.62 Å². The minimum Gasteiger partial charge on any atom is -0.454 e. The summed E-state index contributed by atoms with van der Waals surface area (Å²) >= 11 is 6.22. The number of nitrogens with one attached hydrogen (secondary N) is 1. The number of halogens is 1. The van der Waals surface area contributed by atoms with Crippen molar-refractivity contribution in [3.63, 3.8) is 0 Å². The van der Waals surface area contributed by atoms with Crippen LogP contribution in [0.15, 0.2) is 77.3 Å². The highest BCUT2D eigenvalue weighted by Gasteiger charge is 2.38. The van der Waals surface area contributed by atoms with Gasteiger partial charge in [0.2, 0.25) is 6.79 Å². The van der Waals surface area contributed by atoms with Crippen LogP contribution in [0.3, 0.4) is 0 Å². The van der Waals surface area contributed by atoms with Gasteiger partial charge in [0.25, 0.3) is 15.9 Å². The van der Waals surface area contributed by atoms with Crippen molar-refractivity contribution in [2.24, 2.45) is 0 Å². The Morgan fingerprint density at radius 2 is 1.79 bits per heavy atom. The zero-order chi connectivity index (χ0) is 23.2. The summed E-state index contributed by atoms with van der Waals surface area (Å²) < 4.78 is 38.2. The fraction of sp³-hybridized carbons (Fsp3) is 0.125. The number of likely N-dealkylation sites (N-methyl/N-ethyl adjacent to an activating group) is 1. The first-order valence-corrected chi connectivity index (χ1v) is 11.9. The lowest BCUT2D eigenvalue weighted by Gasteiger charge is -2.31. The monoisotopic (exact) mass is 482 g/mol. The Balaban J connectivity index is 1.59. The summed E-state index contributed by atoms with van der Waals surface area (Å²) in [6.45, 7) is 0.334. The second-order valence-corrected chi connectivity index (χ2v) is 9.95. The lowest BCUT2D eigenvalue weighted by atomic mass is 9.95. The lowest BCUT2D eigenvalue weighted by Crippen LogP contribution is -2.39. The molecule has 2 aliphatic rings. The average molecular weight is 483 g/mol. The molecule has 0 fully saturated rings. The summed E-state index contributed by atoms with van der Waals surface area (Å²) in [4.78, 5) is 13.5. The topological polar surface area (TPSA) is 84.9 Å². The molecule has 5 rings (SSSR count). The van der Waals surface area contributed by atoms with Gasteiger partial charge in [0.05, 0.1) is 4.90 Å². The van der Waals surface area contributed by atoms with Gasteiger partial charge < -0.3 is 14.8 Å². The maximum absolute atomic E-state index is 13.4. The Bertz CT molecular complexity index is 1400. The predicted molar refractivity (Wildman–Crippen MR) is 123 cm³/mol. The van der Waals surface area contributed by atoms with Gasteiger partial charge in [-0.25, -0.2) is 8.42 Å². The molecule has 33 heavy (non-hydrogen) atoms. The minimum absolute atomic E-state index is 0.0247. The zero-order valence-electron chi connectivity index (χ0n) is 17.5. The van der Waals surface area contributed by atoms with E-state index in [1.807, 2.05) is 36.4 Å². The van der Waals surface area contributed by atoms with Crippen LogP contribution in [0, 0.1) is 0 Å². The van der Waals surface area contributed by atoms with Gasteiger partial charge in [0, 0.05) is 29.8 Å². The Hall–Kier alpha value is -3.49. The van der Waals surface area contributed by atoms with E-state index in [0.717, 1.165) is 9.87 Å². The van der Waals surface area contributed by atoms with Crippen LogP contribution >= 0.6 is 11.6 Å². The van der Waals surface area contributed by atoms with Gasteiger partial charge in [0.1, 0.15) is 5.70 Å². The van der Waals surface area contributed by atoms with Gasteiger partial charge in [-0.3, -0.25) is 9.10 Å². The SMILES string of the molecule is CN1C(C(=O)NCc2ccc3c(c2)OCO3)=C(c2ccccc2)c2cc(Cl)ccc2S1(=O)=O. The number of hydrogen-bond donors (Lipinski definition) is 1. The van der Waals surface area contributed by atoms with Crippen molar-refractivity contribution in [3.05, 3.63) is 94.1 Å². The number of ether oxygens (including phenoxy) is 2. The normalized spacial score (nSPS) is 15.9. The van der Waals surface area contributed by atoms with Crippen LogP contribution < -0.4 is 14.8 Å². The van der Waals surface area contributed by atoms with Gasteiger partial charge in [-0.2, -0.15) is 0 Å². The highest BCUT2D eigenvalue weighted by atomic mass is 35.5. The predicted octanol–water partition coefficient (Wildman–Crippen LogP) is 3.78. The largest absolute Gasteiger partial charge is 0.454 e. The summed E-state index contributed by atoms with van der Waals surface area (Å²) in [5.74, 6) is 0.723. The molecule has 0 saturated carbocycles. The van der Waals surface area contributed by atoms with Crippen LogP contribution in [0.25, 0.3) is 5.57 Å². The van der Waals surface area contributed by atoms with E-state index in [1.54, 1.807) is 18.2 Å². The zero-order valence-corrected chi connectivity index (χ0v) is 19.1. The van der Waals surface area contributed by atoms with Crippen molar-refractivity contribution in [1.29, 1.82) is 0 Å². The van der Waals surface area contributed by atoms with E-state index >= 15 is 0 Å². The highest BCUT2D eigenvalue weighted by Crippen LogP contribution is 2.40. The average Bonchev–Trinajstić information content (AvgIpc) is 3.28. The third-order valence-electron chi connectivity index (χ3n) is 5.57. The molecule has 1 amide bonds. The van der Waals surface area contributed by atoms with E-state index in [9.17, 15) is 13.2 Å². The van der Waals surface area contributed by atoms with Crippen LogP contribution in [0.5, 0.6) is 11.5 Å². The standard InChI is InChI=1S/C24H19ClN2O5S/c1-27-23(24(28)26-13-15-7-9-19-20(11-15)32-14-31-19)22(16-5-3-2-4-6-16)18-12-17(25)8-10-21(18)33(27,29)30/h2-12H,13-14H2,1H3,(H,26,28). The van der Waals surface area contributed by atoms with Gasteiger partial charge in [-0.1, -0.05) is 48.0 Å². The van der Waals surface area contributed by atoms with Crippen molar-refractivity contribution >= 4 is 33.1 Å². The summed E-state index contributed by atoms with van der Waals surface area (Å²) in [7, 11) is -2.56. The van der Waals surface area contributed by atoms with E-state index in [1.165, 1.54) is 19.2 Å². The number of hydrogen-bond acceptors (Lipinski definition) is 5. The minimum atomic E-state index is -3.94. The Labute approximate surface area is 196 Å². The molecule has 9 heteroatoms. The summed E-state index contributed by atoms with van der Waals surface area (Å²) in [5.41, 5.74) is 2.40. The second-order valence-electron chi connectivity index (χ2n) is 7.57. The van der Waals surface area contributed by atoms with Gasteiger partial charge in [0.15, 0.2) is 11.5 Å². The summed E-state index contributed by atoms with van der Waals surface area (Å²) in [6.07, 6.45) is 0. The van der Waals surface area contributed by atoms with Crippen molar-refractivity contribution in [2.45, 2.75) is 11.4 Å². The molecule has 1 N–H and O–H groups in total. The van der Waals surface area contributed by atoms with Crippen LogP contribution in [0.4, 0.5) is 0 Å². The van der Waals surface area contributed by atoms with Gasteiger partial charge in [-0.05, 0) is 41.5 Å². The van der Waals surface area contributed by atoms with Crippen LogP contribution in [-0.2, 0) is 21.4 Å². The third-order valence-corrected chi connectivity index (χ3v) is 7.62. The van der Waals surface area contributed by atoms with Gasteiger partial charge >= 0.3 is 0 Å². The Morgan fingerprint density at radius 3 is 2.58 bits per heavy atom. The van der Waals surface area contributed by atoms with E-state index in [4.69, 9.17) is 21.1 Å². The van der Waals surface area contributed by atoms with Crippen molar-refractivity contribution in [3.8, 4) is 11.5 Å². The van der Waals surface area contributed by atoms with Gasteiger partial charge in [-0.15, -0.1) is 0 Å². The highest BCUT2D eigenvalue weighted by molar-refractivity contribution is 7.89. The van der Waals surface area contributed by atoms with Crippen LogP contribution in [0.1, 0.15) is 16.7 Å². The number of carbonyl (C=O) groups is 1. The van der Waals surface area contributed by atoms with Crippen LogP contribution in [-0.4, -0.2) is 32.5 Å². The van der Waals surface area contributed by atoms with E-state index in [0.29, 0.717) is 33.2 Å². The molecule has 2 heterocycles. The maximum atomic E-state index is 13.4. The number of fused-ring (bicyclic) bond motifs is 2. The summed E-state index contributed by atoms with van der Waals surface area (Å²) in [5, 5.41) is 3.22. The summed E-state index contributed by atoms with van der Waals surface area (Å²) in [6, 6.07) is 19.1. The van der Waals surface area contributed by atoms with Crippen LogP contribution in [0.2, 0.25) is 5.02 Å². The molecule has 0 unspecified atom stereocenters. The molecule has 0 bridgehead atoms. The first-order chi connectivity index (χ1) is 15.9. The Kier molecular flexibility index (Phi) is 5.26. The lowest BCUT2D eigenvalue weighted by molar-refractivity contribution is -0.118. The fourth-order valence-corrected chi connectivity index (χ4v) is 5.51. The number of amides is 1. The van der Waals surface area contributed by atoms with Crippen molar-refractivity contribution < 1.29 is 22.7 Å². The number of sulfonamides is 1.